The van der Waals surface area contributed by atoms with Crippen LogP contribution in [-0.4, -0.2) is 29.4 Å². The molecule has 2 unspecified atom stereocenters. The fourth-order valence-electron chi connectivity index (χ4n) is 2.88. The molecule has 1 heterocycles. The summed E-state index contributed by atoms with van der Waals surface area (Å²) in [5, 5.41) is 9.37. The van der Waals surface area contributed by atoms with Gasteiger partial charge in [-0.05, 0) is 49.2 Å². The third-order valence-electron chi connectivity index (χ3n) is 4.35. The summed E-state index contributed by atoms with van der Waals surface area (Å²) in [5.74, 6) is -2.87. The predicted octanol–water partition coefficient (Wildman–Crippen LogP) is 2.94. The first-order valence-electron chi connectivity index (χ1n) is 8.27. The number of ether oxygens (including phenoxy) is 2. The smallest absolute Gasteiger partial charge is 0.326 e. The average molecular weight is 354 g/mol. The number of ketones is 1. The highest BCUT2D eigenvalue weighted by Crippen LogP contribution is 2.35. The third-order valence-corrected chi connectivity index (χ3v) is 4.35. The van der Waals surface area contributed by atoms with E-state index in [1.807, 2.05) is 0 Å². The number of rotatable bonds is 4. The topological polar surface area (TPSA) is 89.9 Å². The molecular formula is C20H18O6. The van der Waals surface area contributed by atoms with Gasteiger partial charge in [0.15, 0.2) is 5.78 Å². The third kappa shape index (κ3) is 3.18. The molecule has 0 amide bonds. The Morgan fingerprint density at radius 2 is 1.88 bits per heavy atom. The Morgan fingerprint density at radius 3 is 2.54 bits per heavy atom. The molecule has 1 aliphatic heterocycles. The Hall–Kier alpha value is -3.15. The monoisotopic (exact) mass is 354 g/mol. The van der Waals surface area contributed by atoms with Crippen LogP contribution >= 0.6 is 0 Å². The van der Waals surface area contributed by atoms with Crippen LogP contribution in [0.4, 0.5) is 0 Å². The molecule has 1 N–H and O–H groups in total. The molecule has 2 aromatic carbocycles. The summed E-state index contributed by atoms with van der Waals surface area (Å²) in [5.41, 5.74) is 1.33. The maximum atomic E-state index is 12.8. The number of phenols is 1. The Kier molecular flexibility index (Phi) is 4.75. The Morgan fingerprint density at radius 1 is 1.19 bits per heavy atom. The number of carbonyl (C=O) groups excluding carboxylic acids is 3. The lowest BCUT2D eigenvalue weighted by Crippen LogP contribution is -2.31. The van der Waals surface area contributed by atoms with Crippen molar-refractivity contribution in [2.24, 2.45) is 0 Å². The molecule has 2 atom stereocenters. The van der Waals surface area contributed by atoms with Crippen LogP contribution in [-0.2, 0) is 14.3 Å². The zero-order valence-electron chi connectivity index (χ0n) is 14.4. The van der Waals surface area contributed by atoms with Gasteiger partial charge >= 0.3 is 11.9 Å². The molecule has 6 heteroatoms. The molecular weight excluding hydrogens is 336 g/mol. The first kappa shape index (κ1) is 17.7. The normalized spacial score (nSPS) is 17.2. The van der Waals surface area contributed by atoms with Crippen LogP contribution in [0.5, 0.6) is 11.5 Å². The van der Waals surface area contributed by atoms with E-state index >= 15 is 0 Å². The van der Waals surface area contributed by atoms with Gasteiger partial charge in [0.25, 0.3) is 0 Å². The zero-order valence-corrected chi connectivity index (χ0v) is 14.4. The second-order valence-corrected chi connectivity index (χ2v) is 6.04. The average Bonchev–Trinajstić information content (AvgIpc) is 2.62. The number of phenolic OH excluding ortho intramolecular Hbond substituents is 1. The van der Waals surface area contributed by atoms with Gasteiger partial charge in [0, 0.05) is 0 Å². The molecule has 26 heavy (non-hydrogen) atoms. The number of hydrogen-bond acceptors (Lipinski definition) is 6. The van der Waals surface area contributed by atoms with Crippen LogP contribution in [0, 0.1) is 0 Å². The maximum absolute atomic E-state index is 12.8. The second-order valence-electron chi connectivity index (χ2n) is 6.04. The van der Waals surface area contributed by atoms with Crippen molar-refractivity contribution in [3.63, 3.8) is 0 Å². The van der Waals surface area contributed by atoms with Crippen LogP contribution in [0.1, 0.15) is 47.2 Å². The number of fused-ring (bicyclic) bond motifs is 1. The van der Waals surface area contributed by atoms with Gasteiger partial charge in [-0.3, -0.25) is 14.4 Å². The molecule has 0 saturated carbocycles. The number of esters is 2. The second kappa shape index (κ2) is 7.00. The molecule has 6 nitrogen and oxygen atoms in total. The lowest BCUT2D eigenvalue weighted by atomic mass is 9.87. The van der Waals surface area contributed by atoms with Gasteiger partial charge in [-0.15, -0.1) is 0 Å². The summed E-state index contributed by atoms with van der Waals surface area (Å²) in [4.78, 5) is 37.0. The van der Waals surface area contributed by atoms with E-state index in [1.165, 1.54) is 30.3 Å². The van der Waals surface area contributed by atoms with Crippen molar-refractivity contribution >= 4 is 17.7 Å². The Balaban J connectivity index is 1.93. The molecule has 0 fully saturated rings. The lowest BCUT2D eigenvalue weighted by Gasteiger charge is -2.23. The van der Waals surface area contributed by atoms with E-state index in [2.05, 4.69) is 0 Å². The standard InChI is InChI=1S/C20H18O6/c1-3-25-19(23)11(2)13-6-9-15-16(10-13)26-20(24)17(18(15)22)12-4-7-14(21)8-5-12/h4-11,17,21H,3H2,1-2H3. The van der Waals surface area contributed by atoms with Crippen LogP contribution in [0.3, 0.4) is 0 Å². The van der Waals surface area contributed by atoms with Crippen molar-refractivity contribution in [2.45, 2.75) is 25.7 Å². The van der Waals surface area contributed by atoms with Gasteiger partial charge in [0.1, 0.15) is 17.4 Å². The van der Waals surface area contributed by atoms with Gasteiger partial charge in [-0.2, -0.15) is 0 Å². The summed E-state index contributed by atoms with van der Waals surface area (Å²) in [6, 6.07) is 10.6. The predicted molar refractivity (Wildman–Crippen MR) is 92.3 cm³/mol. The largest absolute Gasteiger partial charge is 0.508 e. The van der Waals surface area contributed by atoms with Gasteiger partial charge in [-0.1, -0.05) is 18.2 Å². The summed E-state index contributed by atoms with van der Waals surface area (Å²) >= 11 is 0. The molecule has 0 aromatic heterocycles. The molecule has 0 radical (unpaired) electrons. The van der Waals surface area contributed by atoms with Gasteiger partial charge in [-0.25, -0.2) is 0 Å². The number of carbonyl (C=O) groups is 3. The minimum atomic E-state index is -1.07. The quantitative estimate of drug-likeness (QED) is 0.516. The van der Waals surface area contributed by atoms with E-state index in [-0.39, 0.29) is 35.4 Å². The van der Waals surface area contributed by atoms with Crippen LogP contribution in [0.25, 0.3) is 0 Å². The van der Waals surface area contributed by atoms with E-state index in [1.54, 1.807) is 26.0 Å². The first-order chi connectivity index (χ1) is 12.4. The molecule has 134 valence electrons. The van der Waals surface area contributed by atoms with Crippen LogP contribution in [0.2, 0.25) is 0 Å². The van der Waals surface area contributed by atoms with E-state index in [4.69, 9.17) is 9.47 Å². The van der Waals surface area contributed by atoms with E-state index in [0.29, 0.717) is 11.1 Å². The Labute approximate surface area is 150 Å². The summed E-state index contributed by atoms with van der Waals surface area (Å²) in [7, 11) is 0. The molecule has 2 aromatic rings. The van der Waals surface area contributed by atoms with Crippen molar-refractivity contribution < 1.29 is 29.0 Å². The van der Waals surface area contributed by atoms with Crippen LogP contribution < -0.4 is 4.74 Å². The first-order valence-corrected chi connectivity index (χ1v) is 8.27. The van der Waals surface area contributed by atoms with Gasteiger partial charge in [0.05, 0.1) is 18.1 Å². The summed E-state index contributed by atoms with van der Waals surface area (Å²) in [6.07, 6.45) is 0. The molecule has 0 bridgehead atoms. The van der Waals surface area contributed by atoms with Crippen molar-refractivity contribution in [3.8, 4) is 11.5 Å². The fraction of sp³-hybridized carbons (Fsp3) is 0.250. The van der Waals surface area contributed by atoms with Crippen molar-refractivity contribution in [1.29, 1.82) is 0 Å². The highest BCUT2D eigenvalue weighted by Gasteiger charge is 2.38. The minimum absolute atomic E-state index is 0.0448. The molecule has 1 aliphatic rings. The molecule has 0 saturated heterocycles. The zero-order chi connectivity index (χ0) is 18.8. The maximum Gasteiger partial charge on any atom is 0.326 e. The van der Waals surface area contributed by atoms with Crippen molar-refractivity contribution in [1.82, 2.24) is 0 Å². The minimum Gasteiger partial charge on any atom is -0.508 e. The summed E-state index contributed by atoms with van der Waals surface area (Å²) < 4.78 is 10.4. The number of hydrogen-bond donors (Lipinski definition) is 1. The Bertz CT molecular complexity index is 868. The van der Waals surface area contributed by atoms with Gasteiger partial charge < -0.3 is 14.6 Å². The number of benzene rings is 2. The highest BCUT2D eigenvalue weighted by atomic mass is 16.5. The lowest BCUT2D eigenvalue weighted by molar-refractivity contribution is -0.144. The number of aromatic hydroxyl groups is 1. The van der Waals surface area contributed by atoms with Gasteiger partial charge in [0.2, 0.25) is 0 Å². The highest BCUT2D eigenvalue weighted by molar-refractivity contribution is 6.17. The van der Waals surface area contributed by atoms with Crippen LogP contribution in [0.15, 0.2) is 42.5 Å². The SMILES string of the molecule is CCOC(=O)C(C)c1ccc2c(c1)OC(=O)C(c1ccc(O)cc1)C2=O. The van der Waals surface area contributed by atoms with E-state index in [9.17, 15) is 19.5 Å². The van der Waals surface area contributed by atoms with E-state index in [0.717, 1.165) is 0 Å². The van der Waals surface area contributed by atoms with Crippen molar-refractivity contribution in [3.05, 3.63) is 59.2 Å². The fourth-order valence-corrected chi connectivity index (χ4v) is 2.88. The van der Waals surface area contributed by atoms with Crippen molar-refractivity contribution in [2.75, 3.05) is 6.61 Å². The molecule has 0 spiro atoms. The van der Waals surface area contributed by atoms with E-state index < -0.39 is 17.8 Å². The molecule has 3 rings (SSSR count). The number of Topliss-reactive ketones (excluding diaryl/α,β-unsaturated/α-hetero) is 1. The molecule has 0 aliphatic carbocycles. The summed E-state index contributed by atoms with van der Waals surface area (Å²) in [6.45, 7) is 3.68.